The fraction of sp³-hybridized carbons (Fsp3) is 0.571. The Morgan fingerprint density at radius 2 is 2.00 bits per heavy atom. The van der Waals surface area contributed by atoms with Crippen LogP contribution in [-0.4, -0.2) is 64.9 Å². The van der Waals surface area contributed by atoms with Gasteiger partial charge in [-0.2, -0.15) is 0 Å². The Balaban J connectivity index is 1.61. The first kappa shape index (κ1) is 15.4. The third-order valence-electron chi connectivity index (χ3n) is 3.57. The minimum Gasteiger partial charge on any atom is -0.768 e. The largest absolute Gasteiger partial charge is 0.768 e. The number of likely N-dealkylation sites (tertiary alicyclic amines) is 1. The average molecular weight is 297 g/mol. The lowest BCUT2D eigenvalue weighted by Gasteiger charge is -2.42. The van der Waals surface area contributed by atoms with Crippen molar-refractivity contribution in [3.05, 3.63) is 24.3 Å². The number of hydrogen-bond donors (Lipinski definition) is 0. The topological polar surface area (TPSA) is 55.8 Å². The van der Waals surface area contributed by atoms with Gasteiger partial charge in [0.15, 0.2) is 0 Å². The molecule has 0 saturated carbocycles. The van der Waals surface area contributed by atoms with Crippen molar-refractivity contribution in [2.24, 2.45) is 0 Å². The first-order valence-corrected chi connectivity index (χ1v) is 7.84. The summed E-state index contributed by atoms with van der Waals surface area (Å²) in [5, 5.41) is 0. The number of rotatable bonds is 7. The van der Waals surface area contributed by atoms with Crippen LogP contribution in [0.4, 0.5) is 0 Å². The summed E-state index contributed by atoms with van der Waals surface area (Å²) in [6.07, 6.45) is 0.982. The molecule has 20 heavy (non-hydrogen) atoms. The Morgan fingerprint density at radius 1 is 1.35 bits per heavy atom. The van der Waals surface area contributed by atoms with Crippen molar-refractivity contribution in [3.63, 3.8) is 0 Å². The van der Waals surface area contributed by atoms with Crippen LogP contribution in [0.5, 0.6) is 5.75 Å². The molecule has 1 unspecified atom stereocenters. The third-order valence-corrected chi connectivity index (χ3v) is 4.23. The van der Waals surface area contributed by atoms with E-state index in [0.29, 0.717) is 18.4 Å². The van der Waals surface area contributed by atoms with E-state index in [1.807, 2.05) is 0 Å². The fourth-order valence-corrected chi connectivity index (χ4v) is 2.54. The van der Waals surface area contributed by atoms with Gasteiger partial charge in [-0.25, -0.2) is 0 Å². The van der Waals surface area contributed by atoms with Gasteiger partial charge in [0, 0.05) is 30.6 Å². The molecule has 1 saturated heterocycles. The molecule has 0 N–H and O–H groups in total. The SMILES string of the molecule is CN(C)C1CN(CCCOc2ccc(S(=O)[O-])cc2)C1. The van der Waals surface area contributed by atoms with Crippen molar-refractivity contribution in [1.82, 2.24) is 9.80 Å². The van der Waals surface area contributed by atoms with Crippen molar-refractivity contribution in [1.29, 1.82) is 0 Å². The number of nitrogens with zero attached hydrogens (tertiary/aromatic N) is 2. The van der Waals surface area contributed by atoms with Crippen LogP contribution >= 0.6 is 0 Å². The molecule has 0 amide bonds. The molecule has 0 bridgehead atoms. The van der Waals surface area contributed by atoms with Crippen molar-refractivity contribution in [3.8, 4) is 5.75 Å². The van der Waals surface area contributed by atoms with E-state index in [4.69, 9.17) is 4.74 Å². The summed E-state index contributed by atoms with van der Waals surface area (Å²) < 4.78 is 27.0. The van der Waals surface area contributed by atoms with E-state index < -0.39 is 11.1 Å². The van der Waals surface area contributed by atoms with Crippen molar-refractivity contribution < 1.29 is 13.5 Å². The zero-order chi connectivity index (χ0) is 14.5. The molecule has 0 aromatic heterocycles. The average Bonchev–Trinajstić information content (AvgIpc) is 2.36. The van der Waals surface area contributed by atoms with Crippen LogP contribution in [0.15, 0.2) is 29.2 Å². The van der Waals surface area contributed by atoms with Gasteiger partial charge in [-0.15, -0.1) is 0 Å². The summed E-state index contributed by atoms with van der Waals surface area (Å²) in [4.78, 5) is 4.96. The molecule has 1 aromatic rings. The zero-order valence-corrected chi connectivity index (χ0v) is 12.8. The fourth-order valence-electron chi connectivity index (χ4n) is 2.18. The highest BCUT2D eigenvalue weighted by molar-refractivity contribution is 7.79. The van der Waals surface area contributed by atoms with Crippen LogP contribution in [0, 0.1) is 0 Å². The minimum atomic E-state index is -2.17. The minimum absolute atomic E-state index is 0.285. The summed E-state index contributed by atoms with van der Waals surface area (Å²) in [5.41, 5.74) is 0. The van der Waals surface area contributed by atoms with Gasteiger partial charge < -0.3 is 14.2 Å². The molecule has 1 fully saturated rings. The van der Waals surface area contributed by atoms with E-state index in [2.05, 4.69) is 23.9 Å². The molecule has 0 radical (unpaired) electrons. The van der Waals surface area contributed by atoms with Crippen LogP contribution in [0.25, 0.3) is 0 Å². The van der Waals surface area contributed by atoms with Crippen LogP contribution < -0.4 is 4.74 Å². The quantitative estimate of drug-likeness (QED) is 0.554. The van der Waals surface area contributed by atoms with E-state index >= 15 is 0 Å². The van der Waals surface area contributed by atoms with Gasteiger partial charge in [0.1, 0.15) is 5.75 Å². The van der Waals surface area contributed by atoms with Crippen LogP contribution in [0.3, 0.4) is 0 Å². The molecule has 0 spiro atoms. The standard InChI is InChI=1S/C14H22N2O3S/c1-15(2)12-10-16(11-12)8-3-9-19-13-4-6-14(7-5-13)20(17)18/h4-7,12H,3,8-11H2,1-2H3,(H,17,18)/p-1. The van der Waals surface area contributed by atoms with E-state index in [9.17, 15) is 8.76 Å². The molecule has 6 heteroatoms. The molecule has 2 rings (SSSR count). The number of benzene rings is 1. The first-order valence-electron chi connectivity index (χ1n) is 6.77. The van der Waals surface area contributed by atoms with Gasteiger partial charge in [0.05, 0.1) is 6.61 Å². The van der Waals surface area contributed by atoms with E-state index in [1.165, 1.54) is 0 Å². The summed E-state index contributed by atoms with van der Waals surface area (Å²) in [5.74, 6) is 0.717. The van der Waals surface area contributed by atoms with Crippen molar-refractivity contribution in [2.75, 3.05) is 40.3 Å². The highest BCUT2D eigenvalue weighted by Gasteiger charge is 2.27. The Kier molecular flexibility index (Phi) is 5.54. The third kappa shape index (κ3) is 4.28. The maximum Gasteiger partial charge on any atom is 0.119 e. The number of likely N-dealkylation sites (N-methyl/N-ethyl adjacent to an activating group) is 1. The summed E-state index contributed by atoms with van der Waals surface area (Å²) >= 11 is -2.17. The second-order valence-corrected chi connectivity index (χ2v) is 6.23. The normalized spacial score (nSPS) is 18.0. The smallest absolute Gasteiger partial charge is 0.119 e. The van der Waals surface area contributed by atoms with Crippen molar-refractivity contribution in [2.45, 2.75) is 17.4 Å². The molecule has 112 valence electrons. The van der Waals surface area contributed by atoms with Gasteiger partial charge >= 0.3 is 0 Å². The Morgan fingerprint density at radius 3 is 2.55 bits per heavy atom. The van der Waals surface area contributed by atoms with E-state index in [-0.39, 0.29) is 4.90 Å². The Bertz CT molecular complexity index is 444. The summed E-state index contributed by atoms with van der Waals surface area (Å²) in [6, 6.07) is 7.18. The molecule has 0 aliphatic carbocycles. The molecule has 1 aromatic carbocycles. The van der Waals surface area contributed by atoms with Crippen LogP contribution in [0.2, 0.25) is 0 Å². The maximum atomic E-state index is 10.7. The molecular weight excluding hydrogens is 276 g/mol. The van der Waals surface area contributed by atoms with Gasteiger partial charge in [-0.1, -0.05) is 0 Å². The maximum absolute atomic E-state index is 10.7. The predicted octanol–water partition coefficient (Wildman–Crippen LogP) is 0.939. The van der Waals surface area contributed by atoms with Gasteiger partial charge in [-0.05, 0) is 55.9 Å². The Labute approximate surface area is 122 Å². The summed E-state index contributed by atoms with van der Waals surface area (Å²) in [6.45, 7) is 3.98. The second kappa shape index (κ2) is 7.17. The Hall–Kier alpha value is -0.950. The molecule has 1 aliphatic heterocycles. The number of ether oxygens (including phenoxy) is 1. The van der Waals surface area contributed by atoms with Gasteiger partial charge in [0.25, 0.3) is 0 Å². The second-order valence-electron chi connectivity index (χ2n) is 5.29. The molecule has 5 nitrogen and oxygen atoms in total. The van der Waals surface area contributed by atoms with E-state index in [0.717, 1.165) is 26.1 Å². The number of hydrogen-bond acceptors (Lipinski definition) is 5. The zero-order valence-electron chi connectivity index (χ0n) is 11.9. The highest BCUT2D eigenvalue weighted by atomic mass is 32.2. The molecule has 1 heterocycles. The molecular formula is C14H21N2O3S-. The highest BCUT2D eigenvalue weighted by Crippen LogP contribution is 2.15. The lowest BCUT2D eigenvalue weighted by atomic mass is 10.1. The van der Waals surface area contributed by atoms with Gasteiger partial charge in [-0.3, -0.25) is 9.11 Å². The predicted molar refractivity (Wildman–Crippen MR) is 77.7 cm³/mol. The van der Waals surface area contributed by atoms with Gasteiger partial charge in [0.2, 0.25) is 0 Å². The monoisotopic (exact) mass is 297 g/mol. The molecule has 1 aliphatic rings. The molecule has 1 atom stereocenters. The van der Waals surface area contributed by atoms with E-state index in [1.54, 1.807) is 24.3 Å². The van der Waals surface area contributed by atoms with Crippen LogP contribution in [-0.2, 0) is 11.1 Å². The van der Waals surface area contributed by atoms with Crippen LogP contribution in [0.1, 0.15) is 6.42 Å². The first-order chi connectivity index (χ1) is 9.56. The lowest BCUT2D eigenvalue weighted by Crippen LogP contribution is -2.57. The van der Waals surface area contributed by atoms with Crippen molar-refractivity contribution >= 4 is 11.1 Å². The lowest BCUT2D eigenvalue weighted by molar-refractivity contribution is 0.0595. The summed E-state index contributed by atoms with van der Waals surface area (Å²) in [7, 11) is 4.23.